The number of hydrogen-bond donors (Lipinski definition) is 1. The van der Waals surface area contributed by atoms with Crippen molar-refractivity contribution < 1.29 is 18.3 Å². The Morgan fingerprint density at radius 1 is 1.17 bits per heavy atom. The summed E-state index contributed by atoms with van der Waals surface area (Å²) in [6.07, 6.45) is 1.29. The van der Waals surface area contributed by atoms with Gasteiger partial charge < -0.3 is 14.5 Å². The van der Waals surface area contributed by atoms with Crippen LogP contribution >= 0.6 is 0 Å². The van der Waals surface area contributed by atoms with Crippen molar-refractivity contribution in [2.75, 3.05) is 7.05 Å². The molecule has 0 fully saturated rings. The number of benzene rings is 2. The minimum Gasteiger partial charge on any atom is -0.482 e. The van der Waals surface area contributed by atoms with Gasteiger partial charge in [-0.15, -0.1) is 0 Å². The highest BCUT2D eigenvalue weighted by atomic mass is 19.1. The third kappa shape index (κ3) is 4.26. The lowest BCUT2D eigenvalue weighted by Gasteiger charge is -2.14. The minimum atomic E-state index is -0.649. The number of ether oxygens (including phenoxy) is 1. The molecule has 4 rings (SSSR count). The molecule has 2 heterocycles. The molecule has 0 unspecified atom stereocenters. The Morgan fingerprint density at radius 3 is 2.53 bits per heavy atom. The average molecular weight is 408 g/mol. The highest BCUT2D eigenvalue weighted by Gasteiger charge is 2.19. The first-order valence-corrected chi connectivity index (χ1v) is 9.57. The third-order valence-corrected chi connectivity index (χ3v) is 5.04. The second kappa shape index (κ2) is 8.51. The van der Waals surface area contributed by atoms with Crippen LogP contribution in [0.3, 0.4) is 0 Å². The summed E-state index contributed by atoms with van der Waals surface area (Å²) in [5.74, 6) is -0.540. The zero-order valence-corrected chi connectivity index (χ0v) is 16.5. The molecule has 154 valence electrons. The third-order valence-electron chi connectivity index (χ3n) is 5.04. The maximum atomic E-state index is 14.0. The lowest BCUT2D eigenvalue weighted by molar-refractivity contribution is 0.0959. The Bertz CT molecular complexity index is 1120. The normalized spacial score (nSPS) is 13.1. The molecule has 1 aliphatic rings. The summed E-state index contributed by atoms with van der Waals surface area (Å²) in [7, 11) is 1.43. The van der Waals surface area contributed by atoms with Crippen LogP contribution in [0.4, 0.5) is 4.39 Å². The first kappa shape index (κ1) is 19.8. The van der Waals surface area contributed by atoms with Gasteiger partial charge in [0.05, 0.1) is 12.1 Å². The zero-order chi connectivity index (χ0) is 21.1. The number of carbonyl (C=O) groups is 1. The van der Waals surface area contributed by atoms with Crippen LogP contribution in [0.2, 0.25) is 0 Å². The van der Waals surface area contributed by atoms with Gasteiger partial charge in [-0.1, -0.05) is 30.3 Å². The Labute approximate surface area is 172 Å². The number of halogens is 1. The van der Waals surface area contributed by atoms with E-state index in [-0.39, 0.29) is 23.3 Å². The van der Waals surface area contributed by atoms with Gasteiger partial charge in [-0.05, 0) is 28.8 Å². The van der Waals surface area contributed by atoms with Crippen molar-refractivity contribution in [1.82, 2.24) is 10.2 Å². The molecule has 30 heavy (non-hydrogen) atoms. The zero-order valence-electron chi connectivity index (χ0n) is 16.5. The van der Waals surface area contributed by atoms with Crippen LogP contribution in [0.25, 0.3) is 0 Å². The van der Waals surface area contributed by atoms with E-state index >= 15 is 0 Å². The number of hydrogen-bond acceptors (Lipinski definition) is 5. The molecule has 1 N–H and O–H groups in total. The molecule has 0 atom stereocenters. The van der Waals surface area contributed by atoms with Gasteiger partial charge in [0.1, 0.15) is 24.4 Å². The first-order chi connectivity index (χ1) is 14.5. The second-order valence-electron chi connectivity index (χ2n) is 7.17. The fourth-order valence-corrected chi connectivity index (χ4v) is 3.49. The molecule has 1 aromatic heterocycles. The molecular formula is C23H21FN2O4. The lowest BCUT2D eigenvalue weighted by Crippen LogP contribution is -2.19. The van der Waals surface area contributed by atoms with Gasteiger partial charge in [0.25, 0.3) is 5.91 Å². The number of nitrogens with one attached hydrogen (secondary N) is 1. The van der Waals surface area contributed by atoms with E-state index < -0.39 is 11.7 Å². The van der Waals surface area contributed by atoms with Crippen molar-refractivity contribution in [3.63, 3.8) is 0 Å². The Morgan fingerprint density at radius 2 is 1.90 bits per heavy atom. The average Bonchev–Trinajstić information content (AvgIpc) is 3.15. The summed E-state index contributed by atoms with van der Waals surface area (Å²) in [6.45, 7) is 2.14. The lowest BCUT2D eigenvalue weighted by atomic mass is 10.1. The van der Waals surface area contributed by atoms with Gasteiger partial charge >= 0.3 is 0 Å². The van der Waals surface area contributed by atoms with E-state index in [4.69, 9.17) is 9.15 Å². The van der Waals surface area contributed by atoms with Gasteiger partial charge in [-0.3, -0.25) is 14.5 Å². The van der Waals surface area contributed by atoms with E-state index in [2.05, 4.69) is 22.3 Å². The molecule has 1 amide bonds. The first-order valence-electron chi connectivity index (χ1n) is 9.57. The number of fused-ring (bicyclic) bond motifs is 1. The molecule has 0 spiro atoms. The summed E-state index contributed by atoms with van der Waals surface area (Å²) in [6, 6.07) is 13.8. The molecule has 0 bridgehead atoms. The topological polar surface area (TPSA) is 71.8 Å². The van der Waals surface area contributed by atoms with E-state index in [1.54, 1.807) is 6.07 Å². The van der Waals surface area contributed by atoms with Crippen molar-refractivity contribution in [1.29, 1.82) is 0 Å². The molecule has 0 saturated heterocycles. The van der Waals surface area contributed by atoms with Crippen LogP contribution in [0.5, 0.6) is 5.75 Å². The van der Waals surface area contributed by atoms with Crippen molar-refractivity contribution in [3.8, 4) is 5.75 Å². The summed E-state index contributed by atoms with van der Waals surface area (Å²) in [5.41, 5.74) is 2.73. The van der Waals surface area contributed by atoms with Crippen LogP contribution in [-0.4, -0.2) is 17.9 Å². The fraction of sp³-hybridized carbons (Fsp3) is 0.217. The summed E-state index contributed by atoms with van der Waals surface area (Å²) < 4.78 is 25.1. The monoisotopic (exact) mass is 408 g/mol. The van der Waals surface area contributed by atoms with E-state index in [1.165, 1.54) is 42.6 Å². The Kier molecular flexibility index (Phi) is 5.63. The summed E-state index contributed by atoms with van der Waals surface area (Å²) >= 11 is 0. The molecule has 0 radical (unpaired) electrons. The number of nitrogens with zero attached hydrogens (tertiary/aromatic N) is 1. The van der Waals surface area contributed by atoms with Gasteiger partial charge in [0.2, 0.25) is 11.2 Å². The van der Waals surface area contributed by atoms with Crippen LogP contribution in [0, 0.1) is 5.82 Å². The van der Waals surface area contributed by atoms with Gasteiger partial charge in [-0.2, -0.15) is 0 Å². The standard InChI is InChI=1S/C23H21FN2O4/c1-25-23(28)19-7-6-15(8-20(19)24)13-30-22-14-29-18(9-21(22)27)12-26-10-16-4-2-3-5-17(16)11-26/h2-9,14H,10-13H2,1H3,(H,25,28). The highest BCUT2D eigenvalue weighted by Crippen LogP contribution is 2.24. The summed E-state index contributed by atoms with van der Waals surface area (Å²) in [4.78, 5) is 26.1. The van der Waals surface area contributed by atoms with E-state index in [9.17, 15) is 14.0 Å². The molecule has 0 aliphatic carbocycles. The molecule has 2 aromatic carbocycles. The second-order valence-corrected chi connectivity index (χ2v) is 7.17. The number of carbonyl (C=O) groups excluding carboxylic acids is 1. The molecule has 1 aliphatic heterocycles. The fourth-order valence-electron chi connectivity index (χ4n) is 3.49. The Hall–Kier alpha value is -3.45. The molecular weight excluding hydrogens is 387 g/mol. The van der Waals surface area contributed by atoms with Crippen molar-refractivity contribution in [2.45, 2.75) is 26.2 Å². The number of rotatable bonds is 6. The van der Waals surface area contributed by atoms with Gasteiger partial charge in [0.15, 0.2) is 0 Å². The maximum Gasteiger partial charge on any atom is 0.253 e. The van der Waals surface area contributed by atoms with Crippen LogP contribution < -0.4 is 15.5 Å². The SMILES string of the molecule is CNC(=O)c1ccc(COc2coc(CN3Cc4ccccc4C3)cc2=O)cc1F. The smallest absolute Gasteiger partial charge is 0.253 e. The van der Waals surface area contributed by atoms with E-state index in [1.807, 2.05) is 12.1 Å². The van der Waals surface area contributed by atoms with Crippen molar-refractivity contribution in [2.24, 2.45) is 0 Å². The molecule has 0 saturated carbocycles. The van der Waals surface area contributed by atoms with Crippen LogP contribution in [0.1, 0.15) is 32.8 Å². The van der Waals surface area contributed by atoms with Crippen molar-refractivity contribution >= 4 is 5.91 Å². The predicted octanol–water partition coefficient (Wildman–Crippen LogP) is 3.23. The van der Waals surface area contributed by atoms with Gasteiger partial charge in [-0.25, -0.2) is 4.39 Å². The largest absolute Gasteiger partial charge is 0.482 e. The molecule has 7 heteroatoms. The molecule has 3 aromatic rings. The predicted molar refractivity (Wildman–Crippen MR) is 108 cm³/mol. The minimum absolute atomic E-state index is 0.0174. The number of amides is 1. The molecule has 6 nitrogen and oxygen atoms in total. The maximum absolute atomic E-state index is 14.0. The van der Waals surface area contributed by atoms with Gasteiger partial charge in [0, 0.05) is 26.2 Å². The van der Waals surface area contributed by atoms with E-state index in [0.717, 1.165) is 13.1 Å². The summed E-state index contributed by atoms with van der Waals surface area (Å²) in [5, 5.41) is 2.38. The van der Waals surface area contributed by atoms with Crippen LogP contribution in [-0.2, 0) is 26.2 Å². The highest BCUT2D eigenvalue weighted by molar-refractivity contribution is 5.94. The van der Waals surface area contributed by atoms with E-state index in [0.29, 0.717) is 17.9 Å². The van der Waals surface area contributed by atoms with Crippen LogP contribution in [0.15, 0.2) is 64.0 Å². The Balaban J connectivity index is 1.38. The van der Waals surface area contributed by atoms with Crippen molar-refractivity contribution in [3.05, 3.63) is 98.8 Å². The quantitative estimate of drug-likeness (QED) is 0.678.